The first-order valence-corrected chi connectivity index (χ1v) is 4.12. The summed E-state index contributed by atoms with van der Waals surface area (Å²) >= 11 is 0. The minimum atomic E-state index is -0.665. The summed E-state index contributed by atoms with van der Waals surface area (Å²) in [5.41, 5.74) is 0. The van der Waals surface area contributed by atoms with Gasteiger partial charge in [-0.1, -0.05) is 0 Å². The monoisotopic (exact) mass is 192 g/mol. The van der Waals surface area contributed by atoms with E-state index in [0.717, 1.165) is 0 Å². The Morgan fingerprint density at radius 3 is 2.15 bits per heavy atom. The normalized spacial score (nSPS) is 40.6. The summed E-state index contributed by atoms with van der Waals surface area (Å²) < 4.78 is 20.5. The van der Waals surface area contributed by atoms with E-state index in [9.17, 15) is 5.11 Å². The van der Waals surface area contributed by atoms with Gasteiger partial charge in [0.1, 0.15) is 18.3 Å². The van der Waals surface area contributed by atoms with E-state index in [2.05, 4.69) is 0 Å². The second kappa shape index (κ2) is 4.88. The molecule has 1 aliphatic heterocycles. The average molecular weight is 192 g/mol. The Hall–Kier alpha value is -0.200. The van der Waals surface area contributed by atoms with E-state index < -0.39 is 24.6 Å². The molecule has 0 aliphatic carbocycles. The van der Waals surface area contributed by atoms with Crippen molar-refractivity contribution in [2.45, 2.75) is 24.6 Å². The molecule has 1 rings (SSSR count). The van der Waals surface area contributed by atoms with Crippen LogP contribution in [0.1, 0.15) is 0 Å². The average Bonchev–Trinajstić information content (AvgIpc) is 2.17. The van der Waals surface area contributed by atoms with Gasteiger partial charge in [0.2, 0.25) is 0 Å². The summed E-state index contributed by atoms with van der Waals surface area (Å²) in [5.74, 6) is 0. The zero-order valence-electron chi connectivity index (χ0n) is 8.10. The van der Waals surface area contributed by atoms with Crippen LogP contribution in [0.3, 0.4) is 0 Å². The molecule has 0 aromatic heterocycles. The van der Waals surface area contributed by atoms with Crippen molar-refractivity contribution in [2.75, 3.05) is 27.9 Å². The van der Waals surface area contributed by atoms with Crippen molar-refractivity contribution < 1.29 is 24.1 Å². The van der Waals surface area contributed by atoms with E-state index in [1.54, 1.807) is 0 Å². The summed E-state index contributed by atoms with van der Waals surface area (Å²) in [7, 11) is 4.59. The lowest BCUT2D eigenvalue weighted by Gasteiger charge is -2.38. The first kappa shape index (κ1) is 10.9. The lowest BCUT2D eigenvalue weighted by Crippen LogP contribution is -2.55. The molecule has 13 heavy (non-hydrogen) atoms. The molecule has 78 valence electrons. The van der Waals surface area contributed by atoms with Crippen LogP contribution < -0.4 is 0 Å². The summed E-state index contributed by atoms with van der Waals surface area (Å²) in [5, 5.41) is 9.50. The molecule has 1 heterocycles. The molecule has 0 saturated carbocycles. The van der Waals surface area contributed by atoms with Crippen molar-refractivity contribution in [2.24, 2.45) is 0 Å². The maximum Gasteiger partial charge on any atom is 0.186 e. The van der Waals surface area contributed by atoms with E-state index in [4.69, 9.17) is 18.9 Å². The molecule has 1 N–H and O–H groups in total. The predicted octanol–water partition coefficient (Wildman–Crippen LogP) is -0.620. The maximum atomic E-state index is 9.50. The van der Waals surface area contributed by atoms with Crippen LogP contribution in [0, 0.1) is 0 Å². The molecule has 0 radical (unpaired) electrons. The first-order chi connectivity index (χ1) is 6.24. The Kier molecular flexibility index (Phi) is 4.08. The molecular weight excluding hydrogens is 176 g/mol. The van der Waals surface area contributed by atoms with Crippen molar-refractivity contribution in [3.8, 4) is 0 Å². The molecule has 5 nitrogen and oxygen atoms in total. The summed E-state index contributed by atoms with van der Waals surface area (Å²) in [6, 6.07) is 0. The fourth-order valence-corrected chi connectivity index (χ4v) is 1.50. The predicted molar refractivity (Wildman–Crippen MR) is 44.3 cm³/mol. The molecule has 0 amide bonds. The third kappa shape index (κ3) is 2.18. The Labute approximate surface area is 77.5 Å². The van der Waals surface area contributed by atoms with Crippen molar-refractivity contribution in [3.05, 3.63) is 0 Å². The Bertz CT molecular complexity index is 151. The molecule has 0 aromatic carbocycles. The Morgan fingerprint density at radius 1 is 1.08 bits per heavy atom. The number of aliphatic hydroxyl groups excluding tert-OH is 1. The fourth-order valence-electron chi connectivity index (χ4n) is 1.50. The standard InChI is InChI=1S/C8H16O5/c1-10-6-5(9)4-13-8(12-3)7(6)11-2/h5-9H,4H2,1-3H3/t5-,6+,7-,8+/m1/s1. The highest BCUT2D eigenvalue weighted by atomic mass is 16.7. The van der Waals surface area contributed by atoms with Gasteiger partial charge in [0.25, 0.3) is 0 Å². The van der Waals surface area contributed by atoms with E-state index >= 15 is 0 Å². The molecule has 0 bridgehead atoms. The second-order valence-corrected chi connectivity index (χ2v) is 2.91. The molecule has 0 unspecified atom stereocenters. The Balaban J connectivity index is 2.64. The minimum absolute atomic E-state index is 0.205. The van der Waals surface area contributed by atoms with Crippen LogP contribution in [-0.4, -0.2) is 57.6 Å². The van der Waals surface area contributed by atoms with E-state index in [0.29, 0.717) is 0 Å². The maximum absolute atomic E-state index is 9.50. The molecule has 0 spiro atoms. The molecule has 0 aromatic rings. The summed E-state index contributed by atoms with van der Waals surface area (Å²) in [6.07, 6.45) is -1.93. The van der Waals surface area contributed by atoms with Crippen LogP contribution >= 0.6 is 0 Å². The van der Waals surface area contributed by atoms with Gasteiger partial charge in [-0.2, -0.15) is 0 Å². The van der Waals surface area contributed by atoms with Crippen molar-refractivity contribution in [1.82, 2.24) is 0 Å². The van der Waals surface area contributed by atoms with Gasteiger partial charge in [0, 0.05) is 21.3 Å². The minimum Gasteiger partial charge on any atom is -0.388 e. The van der Waals surface area contributed by atoms with Gasteiger partial charge < -0.3 is 24.1 Å². The summed E-state index contributed by atoms with van der Waals surface area (Å²) in [6.45, 7) is 0.205. The molecule has 1 aliphatic rings. The number of rotatable bonds is 3. The van der Waals surface area contributed by atoms with Crippen molar-refractivity contribution in [3.63, 3.8) is 0 Å². The highest BCUT2D eigenvalue weighted by Crippen LogP contribution is 2.20. The molecule has 1 fully saturated rings. The van der Waals surface area contributed by atoms with Gasteiger partial charge in [-0.3, -0.25) is 0 Å². The highest BCUT2D eigenvalue weighted by molar-refractivity contribution is 4.84. The van der Waals surface area contributed by atoms with Crippen LogP contribution in [0.2, 0.25) is 0 Å². The van der Waals surface area contributed by atoms with Gasteiger partial charge in [-0.05, 0) is 0 Å². The summed E-state index contributed by atoms with van der Waals surface area (Å²) in [4.78, 5) is 0. The van der Waals surface area contributed by atoms with Crippen LogP contribution in [0.4, 0.5) is 0 Å². The zero-order chi connectivity index (χ0) is 9.84. The van der Waals surface area contributed by atoms with Gasteiger partial charge in [-0.15, -0.1) is 0 Å². The molecule has 5 heteroatoms. The third-order valence-electron chi connectivity index (χ3n) is 2.18. The SMILES string of the molecule is CO[C@H]1OC[C@@H](O)[C@H](OC)[C@H]1OC. The van der Waals surface area contributed by atoms with Crippen LogP contribution in [-0.2, 0) is 18.9 Å². The van der Waals surface area contributed by atoms with Gasteiger partial charge >= 0.3 is 0 Å². The van der Waals surface area contributed by atoms with E-state index in [-0.39, 0.29) is 6.61 Å². The number of ether oxygens (including phenoxy) is 4. The number of methoxy groups -OCH3 is 3. The number of aliphatic hydroxyl groups is 1. The number of hydrogen-bond donors (Lipinski definition) is 1. The lowest BCUT2D eigenvalue weighted by molar-refractivity contribution is -0.272. The van der Waals surface area contributed by atoms with Gasteiger partial charge in [0.05, 0.1) is 6.61 Å². The Morgan fingerprint density at radius 2 is 1.69 bits per heavy atom. The van der Waals surface area contributed by atoms with Crippen molar-refractivity contribution in [1.29, 1.82) is 0 Å². The van der Waals surface area contributed by atoms with Crippen molar-refractivity contribution >= 4 is 0 Å². The smallest absolute Gasteiger partial charge is 0.186 e. The van der Waals surface area contributed by atoms with Crippen LogP contribution in [0.25, 0.3) is 0 Å². The first-order valence-electron chi connectivity index (χ1n) is 4.12. The van der Waals surface area contributed by atoms with Gasteiger partial charge in [0.15, 0.2) is 6.29 Å². The topological polar surface area (TPSA) is 57.2 Å². The van der Waals surface area contributed by atoms with Crippen LogP contribution in [0.5, 0.6) is 0 Å². The third-order valence-corrected chi connectivity index (χ3v) is 2.18. The number of hydrogen-bond acceptors (Lipinski definition) is 5. The van der Waals surface area contributed by atoms with Gasteiger partial charge in [-0.25, -0.2) is 0 Å². The van der Waals surface area contributed by atoms with Crippen LogP contribution in [0.15, 0.2) is 0 Å². The zero-order valence-corrected chi connectivity index (χ0v) is 8.10. The molecule has 1 saturated heterocycles. The lowest BCUT2D eigenvalue weighted by atomic mass is 10.1. The molecular formula is C8H16O5. The van der Waals surface area contributed by atoms with E-state index in [1.165, 1.54) is 21.3 Å². The van der Waals surface area contributed by atoms with E-state index in [1.807, 2.05) is 0 Å². The highest BCUT2D eigenvalue weighted by Gasteiger charge is 2.40. The fraction of sp³-hybridized carbons (Fsp3) is 1.00. The largest absolute Gasteiger partial charge is 0.388 e. The molecule has 4 atom stereocenters. The second-order valence-electron chi connectivity index (χ2n) is 2.91. The quantitative estimate of drug-likeness (QED) is 0.646.